The van der Waals surface area contributed by atoms with E-state index in [1.54, 1.807) is 0 Å². The number of hydrogen-bond acceptors (Lipinski definition) is 3. The van der Waals surface area contributed by atoms with Crippen molar-refractivity contribution in [2.45, 2.75) is 11.4 Å². The fourth-order valence-electron chi connectivity index (χ4n) is 0.876. The molecule has 3 nitrogen and oxygen atoms in total. The predicted molar refractivity (Wildman–Crippen MR) is 54.3 cm³/mol. The first-order valence-electron chi connectivity index (χ1n) is 3.92. The molecule has 0 bridgehead atoms. The van der Waals surface area contributed by atoms with E-state index in [0.29, 0.717) is 12.3 Å². The van der Waals surface area contributed by atoms with E-state index in [0.717, 1.165) is 10.5 Å². The van der Waals surface area contributed by atoms with Crippen LogP contribution >= 0.6 is 11.8 Å². The predicted octanol–water partition coefficient (Wildman–Crippen LogP) is 0.723. The second kappa shape index (κ2) is 4.89. The number of carbonyl (C=O) groups is 1. The quantitative estimate of drug-likeness (QED) is 0.697. The van der Waals surface area contributed by atoms with Crippen molar-refractivity contribution < 1.29 is 4.79 Å². The summed E-state index contributed by atoms with van der Waals surface area (Å²) in [6.07, 6.45) is 0. The zero-order valence-corrected chi connectivity index (χ0v) is 8.01. The van der Waals surface area contributed by atoms with Crippen LogP contribution in [0, 0.1) is 0 Å². The number of hydrogen-bond donors (Lipinski definition) is 2. The Balaban J connectivity index is 2.54. The highest BCUT2D eigenvalue weighted by Crippen LogP contribution is 2.17. The third kappa shape index (κ3) is 3.48. The molecule has 0 spiro atoms. The number of thioether (sulfide) groups is 1. The summed E-state index contributed by atoms with van der Waals surface area (Å²) in [4.78, 5) is 11.5. The standard InChI is InChI=1S/C9H12N2OS/c10-5-7-1-3-8(4-2-7)13-6-9(11)12/h1-4H,5-6,10H2,(H2,11,12). The molecule has 0 aliphatic rings. The van der Waals surface area contributed by atoms with E-state index in [-0.39, 0.29) is 5.91 Å². The Morgan fingerprint density at radius 3 is 2.38 bits per heavy atom. The van der Waals surface area contributed by atoms with Gasteiger partial charge in [-0.05, 0) is 17.7 Å². The number of rotatable bonds is 4. The van der Waals surface area contributed by atoms with Gasteiger partial charge in [0.25, 0.3) is 0 Å². The van der Waals surface area contributed by atoms with Gasteiger partial charge >= 0.3 is 0 Å². The maximum absolute atomic E-state index is 10.5. The van der Waals surface area contributed by atoms with Crippen LogP contribution in [0.15, 0.2) is 29.2 Å². The molecule has 4 N–H and O–H groups in total. The van der Waals surface area contributed by atoms with Crippen LogP contribution in [-0.2, 0) is 11.3 Å². The fraction of sp³-hybridized carbons (Fsp3) is 0.222. The Bertz CT molecular complexity index is 284. The number of nitrogens with two attached hydrogens (primary N) is 2. The second-order valence-electron chi connectivity index (χ2n) is 2.60. The summed E-state index contributed by atoms with van der Waals surface area (Å²) in [6.45, 7) is 0.542. The van der Waals surface area contributed by atoms with Gasteiger partial charge in [0, 0.05) is 11.4 Å². The lowest BCUT2D eigenvalue weighted by Gasteiger charge is -2.00. The van der Waals surface area contributed by atoms with Crippen LogP contribution < -0.4 is 11.5 Å². The molecular formula is C9H12N2OS. The van der Waals surface area contributed by atoms with E-state index in [2.05, 4.69) is 0 Å². The number of primary amides is 1. The zero-order valence-electron chi connectivity index (χ0n) is 7.19. The van der Waals surface area contributed by atoms with Crippen LogP contribution in [0.1, 0.15) is 5.56 Å². The van der Waals surface area contributed by atoms with Gasteiger partial charge in [0.15, 0.2) is 0 Å². The first kappa shape index (κ1) is 10.1. The maximum atomic E-state index is 10.5. The Hall–Kier alpha value is -1.00. The molecule has 1 amide bonds. The summed E-state index contributed by atoms with van der Waals surface area (Å²) in [7, 11) is 0. The molecule has 0 aromatic heterocycles. The molecule has 0 aliphatic carbocycles. The maximum Gasteiger partial charge on any atom is 0.227 e. The summed E-state index contributed by atoms with van der Waals surface area (Å²) in [5.41, 5.74) is 11.5. The number of benzene rings is 1. The molecule has 4 heteroatoms. The van der Waals surface area contributed by atoms with Gasteiger partial charge in [-0.25, -0.2) is 0 Å². The molecule has 1 aromatic rings. The van der Waals surface area contributed by atoms with Crippen molar-refractivity contribution in [2.75, 3.05) is 5.75 Å². The van der Waals surface area contributed by atoms with Gasteiger partial charge in [0.1, 0.15) is 0 Å². The molecule has 0 unspecified atom stereocenters. The van der Waals surface area contributed by atoms with Crippen molar-refractivity contribution in [3.63, 3.8) is 0 Å². The molecule has 0 atom stereocenters. The largest absolute Gasteiger partial charge is 0.369 e. The first-order chi connectivity index (χ1) is 6.22. The van der Waals surface area contributed by atoms with Gasteiger partial charge < -0.3 is 11.5 Å². The molecule has 0 aliphatic heterocycles. The van der Waals surface area contributed by atoms with E-state index in [4.69, 9.17) is 11.5 Å². The number of amides is 1. The average molecular weight is 196 g/mol. The van der Waals surface area contributed by atoms with Gasteiger partial charge in [-0.15, -0.1) is 11.8 Å². The summed E-state index contributed by atoms with van der Waals surface area (Å²) >= 11 is 1.43. The Labute approximate surface area is 81.5 Å². The van der Waals surface area contributed by atoms with Gasteiger partial charge in [0.05, 0.1) is 5.75 Å². The van der Waals surface area contributed by atoms with Crippen molar-refractivity contribution in [3.05, 3.63) is 29.8 Å². The summed E-state index contributed by atoms with van der Waals surface area (Å²) in [5.74, 6) is 0.0232. The smallest absolute Gasteiger partial charge is 0.227 e. The summed E-state index contributed by atoms with van der Waals surface area (Å²) in [5, 5.41) is 0. The summed E-state index contributed by atoms with van der Waals surface area (Å²) in [6, 6.07) is 7.78. The zero-order chi connectivity index (χ0) is 9.68. The van der Waals surface area contributed by atoms with Crippen LogP contribution in [0.25, 0.3) is 0 Å². The Morgan fingerprint density at radius 2 is 1.92 bits per heavy atom. The lowest BCUT2D eigenvalue weighted by Crippen LogP contribution is -2.12. The highest BCUT2D eigenvalue weighted by atomic mass is 32.2. The van der Waals surface area contributed by atoms with E-state index >= 15 is 0 Å². The van der Waals surface area contributed by atoms with Gasteiger partial charge in [-0.2, -0.15) is 0 Å². The molecule has 13 heavy (non-hydrogen) atoms. The van der Waals surface area contributed by atoms with Gasteiger partial charge in [-0.1, -0.05) is 12.1 Å². The molecule has 1 rings (SSSR count). The van der Waals surface area contributed by atoms with Gasteiger partial charge in [0.2, 0.25) is 5.91 Å². The third-order valence-corrected chi connectivity index (χ3v) is 2.57. The van der Waals surface area contributed by atoms with E-state index in [1.807, 2.05) is 24.3 Å². The van der Waals surface area contributed by atoms with Crippen molar-refractivity contribution >= 4 is 17.7 Å². The fourth-order valence-corrected chi connectivity index (χ4v) is 1.51. The van der Waals surface area contributed by atoms with Crippen LogP contribution in [0.4, 0.5) is 0 Å². The lowest BCUT2D eigenvalue weighted by molar-refractivity contribution is -0.115. The van der Waals surface area contributed by atoms with Crippen molar-refractivity contribution in [3.8, 4) is 0 Å². The molecule has 1 aromatic carbocycles. The van der Waals surface area contributed by atoms with Crippen molar-refractivity contribution in [1.29, 1.82) is 0 Å². The molecule has 0 radical (unpaired) electrons. The van der Waals surface area contributed by atoms with Crippen LogP contribution in [-0.4, -0.2) is 11.7 Å². The molecule has 0 fully saturated rings. The van der Waals surface area contributed by atoms with E-state index < -0.39 is 0 Å². The molecular weight excluding hydrogens is 184 g/mol. The Kier molecular flexibility index (Phi) is 3.79. The molecule has 0 saturated carbocycles. The minimum absolute atomic E-state index is 0.298. The lowest BCUT2D eigenvalue weighted by atomic mass is 10.2. The second-order valence-corrected chi connectivity index (χ2v) is 3.65. The third-order valence-electron chi connectivity index (χ3n) is 1.54. The van der Waals surface area contributed by atoms with Crippen LogP contribution in [0.2, 0.25) is 0 Å². The van der Waals surface area contributed by atoms with Crippen molar-refractivity contribution in [2.24, 2.45) is 11.5 Å². The minimum atomic E-state index is -0.298. The highest BCUT2D eigenvalue weighted by Gasteiger charge is 1.97. The minimum Gasteiger partial charge on any atom is -0.369 e. The normalized spacial score (nSPS) is 9.92. The molecule has 70 valence electrons. The van der Waals surface area contributed by atoms with Crippen LogP contribution in [0.5, 0.6) is 0 Å². The Morgan fingerprint density at radius 1 is 1.31 bits per heavy atom. The van der Waals surface area contributed by atoms with E-state index in [1.165, 1.54) is 11.8 Å². The van der Waals surface area contributed by atoms with Crippen molar-refractivity contribution in [1.82, 2.24) is 0 Å². The first-order valence-corrected chi connectivity index (χ1v) is 4.91. The summed E-state index contributed by atoms with van der Waals surface area (Å²) < 4.78 is 0. The highest BCUT2D eigenvalue weighted by molar-refractivity contribution is 8.00. The van der Waals surface area contributed by atoms with E-state index in [9.17, 15) is 4.79 Å². The van der Waals surface area contributed by atoms with Crippen LogP contribution in [0.3, 0.4) is 0 Å². The van der Waals surface area contributed by atoms with Gasteiger partial charge in [-0.3, -0.25) is 4.79 Å². The molecule has 0 saturated heterocycles. The average Bonchev–Trinajstić information content (AvgIpc) is 2.15. The molecule has 0 heterocycles. The monoisotopic (exact) mass is 196 g/mol. The number of carbonyl (C=O) groups excluding carboxylic acids is 1. The SMILES string of the molecule is NCc1ccc(SCC(N)=O)cc1. The topological polar surface area (TPSA) is 69.1 Å².